The van der Waals surface area contributed by atoms with Crippen LogP contribution < -0.4 is 5.56 Å². The Bertz CT molecular complexity index is 546. The third-order valence-electron chi connectivity index (χ3n) is 2.11. The first-order valence-electron chi connectivity index (χ1n) is 4.66. The third-order valence-corrected chi connectivity index (χ3v) is 2.11. The van der Waals surface area contributed by atoms with Gasteiger partial charge in [0.25, 0.3) is 5.56 Å². The fourth-order valence-electron chi connectivity index (χ4n) is 1.45. The van der Waals surface area contributed by atoms with Crippen LogP contribution in [0.4, 0.5) is 0 Å². The number of hydrogen-bond acceptors (Lipinski definition) is 3. The van der Waals surface area contributed by atoms with Crippen molar-refractivity contribution < 1.29 is 0 Å². The summed E-state index contributed by atoms with van der Waals surface area (Å²) in [7, 11) is 0. The van der Waals surface area contributed by atoms with E-state index in [1.807, 2.05) is 19.9 Å². The summed E-state index contributed by atoms with van der Waals surface area (Å²) in [6.07, 6.45) is 3.24. The number of hydrogen-bond donors (Lipinski definition) is 1. The van der Waals surface area contributed by atoms with E-state index in [0.717, 1.165) is 16.8 Å². The lowest BCUT2D eigenvalue weighted by Crippen LogP contribution is -2.07. The minimum Gasteiger partial charge on any atom is -0.305 e. The van der Waals surface area contributed by atoms with Crippen LogP contribution in [-0.4, -0.2) is 15.0 Å². The molecule has 0 unspecified atom stereocenters. The first kappa shape index (κ1) is 9.58. The maximum atomic E-state index is 11.1. The number of aryl methyl sites for hydroxylation is 2. The van der Waals surface area contributed by atoms with Crippen molar-refractivity contribution in [2.75, 3.05) is 0 Å². The number of H-pyrrole nitrogens is 1. The van der Waals surface area contributed by atoms with Crippen molar-refractivity contribution in [1.29, 1.82) is 0 Å². The van der Waals surface area contributed by atoms with Gasteiger partial charge in [-0.1, -0.05) is 6.07 Å². The number of aromatic amines is 1. The Kier molecular flexibility index (Phi) is 2.33. The average molecular weight is 201 g/mol. The first-order chi connectivity index (χ1) is 7.16. The van der Waals surface area contributed by atoms with Gasteiger partial charge in [-0.2, -0.15) is 0 Å². The molecule has 0 fully saturated rings. The summed E-state index contributed by atoms with van der Waals surface area (Å²) in [5, 5.41) is 0. The van der Waals surface area contributed by atoms with Crippen LogP contribution in [0, 0.1) is 13.8 Å². The van der Waals surface area contributed by atoms with Crippen molar-refractivity contribution in [3.05, 3.63) is 46.0 Å². The van der Waals surface area contributed by atoms with Crippen LogP contribution in [0.25, 0.3) is 11.5 Å². The molecule has 0 bridgehead atoms. The van der Waals surface area contributed by atoms with Crippen molar-refractivity contribution in [2.45, 2.75) is 13.8 Å². The van der Waals surface area contributed by atoms with E-state index in [1.165, 1.54) is 12.3 Å². The van der Waals surface area contributed by atoms with E-state index in [2.05, 4.69) is 15.0 Å². The van der Waals surface area contributed by atoms with Gasteiger partial charge in [0.1, 0.15) is 5.69 Å². The molecule has 0 spiro atoms. The molecular weight excluding hydrogens is 190 g/mol. The maximum Gasteiger partial charge on any atom is 0.251 e. The Morgan fingerprint density at radius 1 is 1.27 bits per heavy atom. The fourth-order valence-corrected chi connectivity index (χ4v) is 1.45. The highest BCUT2D eigenvalue weighted by Gasteiger charge is 2.05. The van der Waals surface area contributed by atoms with Gasteiger partial charge in [0.05, 0.1) is 0 Å². The molecule has 0 aliphatic heterocycles. The summed E-state index contributed by atoms with van der Waals surface area (Å²) in [4.78, 5) is 22.1. The van der Waals surface area contributed by atoms with Gasteiger partial charge in [-0.05, 0) is 25.0 Å². The predicted octanol–water partition coefficient (Wildman–Crippen LogP) is 1.45. The molecule has 0 saturated heterocycles. The van der Waals surface area contributed by atoms with E-state index in [-0.39, 0.29) is 5.56 Å². The molecule has 2 rings (SSSR count). The average Bonchev–Trinajstić information content (AvgIpc) is 2.17. The normalized spacial score (nSPS) is 10.3. The van der Waals surface area contributed by atoms with Crippen molar-refractivity contribution in [2.24, 2.45) is 0 Å². The van der Waals surface area contributed by atoms with Crippen molar-refractivity contribution in [3.8, 4) is 11.5 Å². The summed E-state index contributed by atoms with van der Waals surface area (Å²) in [5.74, 6) is 0.514. The zero-order valence-electron chi connectivity index (χ0n) is 8.61. The summed E-state index contributed by atoms with van der Waals surface area (Å²) in [6, 6.07) is 3.39. The zero-order valence-corrected chi connectivity index (χ0v) is 8.61. The Hall–Kier alpha value is -1.97. The molecule has 0 aromatic carbocycles. The molecule has 2 aromatic rings. The van der Waals surface area contributed by atoms with Gasteiger partial charge in [-0.25, -0.2) is 4.98 Å². The SMILES string of the molecule is Cc1cnc(-c2nccc(=O)[nH]2)c(C)c1. The summed E-state index contributed by atoms with van der Waals surface area (Å²) in [6.45, 7) is 3.92. The quantitative estimate of drug-likeness (QED) is 0.759. The molecule has 2 heterocycles. The summed E-state index contributed by atoms with van der Waals surface area (Å²) < 4.78 is 0. The molecule has 0 amide bonds. The Morgan fingerprint density at radius 2 is 2.07 bits per heavy atom. The molecule has 2 aromatic heterocycles. The third kappa shape index (κ3) is 1.93. The van der Waals surface area contributed by atoms with Crippen LogP contribution in [-0.2, 0) is 0 Å². The molecule has 0 aliphatic carbocycles. The smallest absolute Gasteiger partial charge is 0.251 e. The number of rotatable bonds is 1. The second-order valence-corrected chi connectivity index (χ2v) is 3.46. The number of pyridine rings is 1. The molecule has 0 atom stereocenters. The van der Waals surface area contributed by atoms with Crippen molar-refractivity contribution >= 4 is 0 Å². The first-order valence-corrected chi connectivity index (χ1v) is 4.66. The van der Waals surface area contributed by atoms with E-state index in [4.69, 9.17) is 0 Å². The highest BCUT2D eigenvalue weighted by Crippen LogP contribution is 2.15. The molecule has 1 N–H and O–H groups in total. The van der Waals surface area contributed by atoms with Crippen molar-refractivity contribution in [3.63, 3.8) is 0 Å². The molecule has 76 valence electrons. The summed E-state index contributed by atoms with van der Waals surface area (Å²) in [5.41, 5.74) is 2.65. The van der Waals surface area contributed by atoms with Crippen LogP contribution in [0.5, 0.6) is 0 Å². The van der Waals surface area contributed by atoms with Gasteiger partial charge >= 0.3 is 0 Å². The highest BCUT2D eigenvalue weighted by molar-refractivity contribution is 5.54. The van der Waals surface area contributed by atoms with Crippen molar-refractivity contribution in [1.82, 2.24) is 15.0 Å². The maximum absolute atomic E-state index is 11.1. The van der Waals surface area contributed by atoms with Crippen LogP contribution in [0.3, 0.4) is 0 Å². The van der Waals surface area contributed by atoms with Gasteiger partial charge in [-0.15, -0.1) is 0 Å². The van der Waals surface area contributed by atoms with E-state index >= 15 is 0 Å². The van der Waals surface area contributed by atoms with E-state index in [9.17, 15) is 4.79 Å². The molecule has 0 aliphatic rings. The van der Waals surface area contributed by atoms with Gasteiger partial charge in [0, 0.05) is 18.5 Å². The Labute approximate surface area is 87.0 Å². The van der Waals surface area contributed by atoms with Gasteiger partial charge in [-0.3, -0.25) is 9.78 Å². The van der Waals surface area contributed by atoms with Gasteiger partial charge in [0.15, 0.2) is 5.82 Å². The second kappa shape index (κ2) is 3.65. The fraction of sp³-hybridized carbons (Fsp3) is 0.182. The van der Waals surface area contributed by atoms with Gasteiger partial charge in [0.2, 0.25) is 0 Å². The molecule has 4 nitrogen and oxygen atoms in total. The summed E-state index contributed by atoms with van der Waals surface area (Å²) >= 11 is 0. The van der Waals surface area contributed by atoms with E-state index < -0.39 is 0 Å². The largest absolute Gasteiger partial charge is 0.305 e. The van der Waals surface area contributed by atoms with E-state index in [1.54, 1.807) is 6.20 Å². The lowest BCUT2D eigenvalue weighted by Gasteiger charge is -2.03. The molecule has 15 heavy (non-hydrogen) atoms. The van der Waals surface area contributed by atoms with Gasteiger partial charge < -0.3 is 4.98 Å². The number of nitrogens with zero attached hydrogens (tertiary/aromatic N) is 2. The Morgan fingerprint density at radius 3 is 2.73 bits per heavy atom. The Balaban J connectivity index is 2.59. The van der Waals surface area contributed by atoms with Crippen LogP contribution in [0.1, 0.15) is 11.1 Å². The van der Waals surface area contributed by atoms with Crippen LogP contribution in [0.15, 0.2) is 29.3 Å². The lowest BCUT2D eigenvalue weighted by molar-refractivity contribution is 1.08. The van der Waals surface area contributed by atoms with E-state index in [0.29, 0.717) is 5.82 Å². The minimum absolute atomic E-state index is 0.165. The number of aromatic nitrogens is 3. The van der Waals surface area contributed by atoms with Crippen LogP contribution >= 0.6 is 0 Å². The second-order valence-electron chi connectivity index (χ2n) is 3.46. The molecule has 4 heteroatoms. The molecule has 0 radical (unpaired) electrons. The standard InChI is InChI=1S/C11H11N3O/c1-7-5-8(2)10(13-6-7)11-12-4-3-9(15)14-11/h3-6H,1-2H3,(H,12,14,15). The monoisotopic (exact) mass is 201 g/mol. The van der Waals surface area contributed by atoms with Crippen LogP contribution in [0.2, 0.25) is 0 Å². The highest BCUT2D eigenvalue weighted by atomic mass is 16.1. The zero-order chi connectivity index (χ0) is 10.8. The lowest BCUT2D eigenvalue weighted by atomic mass is 10.1. The topological polar surface area (TPSA) is 58.6 Å². The number of nitrogens with one attached hydrogen (secondary N) is 1. The minimum atomic E-state index is -0.165. The molecule has 0 saturated carbocycles. The predicted molar refractivity (Wildman–Crippen MR) is 57.6 cm³/mol. The molecular formula is C11H11N3O.